The number of amides is 1. The quantitative estimate of drug-likeness (QED) is 0.487. The van der Waals surface area contributed by atoms with Gasteiger partial charge in [0.2, 0.25) is 9.84 Å². The first-order chi connectivity index (χ1) is 15.3. The molecule has 3 aromatic rings. The van der Waals surface area contributed by atoms with E-state index in [4.69, 9.17) is 0 Å². The standard InChI is InChI=1S/C25H24N2O4S/c1-3-27(19-8-6-7-17(2)15-19)14-13-26-25(29)18-11-12-21-23(16-18)32(30,31)22-10-5-4-9-20(22)24(21)28/h4-12,15-16H,3,13-14H2,1-2H3,(H,26,29). The van der Waals surface area contributed by atoms with Crippen LogP contribution in [0.1, 0.15) is 38.8 Å². The van der Waals surface area contributed by atoms with Gasteiger partial charge in [-0.25, -0.2) is 8.42 Å². The fourth-order valence-corrected chi connectivity index (χ4v) is 5.60. The van der Waals surface area contributed by atoms with Gasteiger partial charge in [-0.05, 0) is 61.9 Å². The Morgan fingerprint density at radius 1 is 0.938 bits per heavy atom. The lowest BCUT2D eigenvalue weighted by Gasteiger charge is -2.24. The summed E-state index contributed by atoms with van der Waals surface area (Å²) in [6, 6.07) is 18.5. The highest BCUT2D eigenvalue weighted by Gasteiger charge is 2.35. The number of rotatable bonds is 6. The third-order valence-corrected chi connectivity index (χ3v) is 7.47. The van der Waals surface area contributed by atoms with E-state index < -0.39 is 9.84 Å². The number of anilines is 1. The van der Waals surface area contributed by atoms with Crippen molar-refractivity contribution in [3.05, 3.63) is 89.0 Å². The molecular weight excluding hydrogens is 424 g/mol. The molecule has 0 unspecified atom stereocenters. The molecule has 0 aliphatic carbocycles. The maximum atomic E-state index is 13.1. The highest BCUT2D eigenvalue weighted by atomic mass is 32.2. The SMILES string of the molecule is CCN(CCNC(=O)c1ccc2c(c1)S(=O)(=O)c1ccccc1C2=O)c1cccc(C)c1. The minimum Gasteiger partial charge on any atom is -0.370 e. The second-order valence-corrected chi connectivity index (χ2v) is 9.60. The minimum atomic E-state index is -3.88. The Hall–Kier alpha value is -3.45. The average Bonchev–Trinajstić information content (AvgIpc) is 2.80. The lowest BCUT2D eigenvalue weighted by Crippen LogP contribution is -2.35. The van der Waals surface area contributed by atoms with Crippen LogP contribution < -0.4 is 10.2 Å². The number of aryl methyl sites for hydroxylation is 1. The summed E-state index contributed by atoms with van der Waals surface area (Å²) in [4.78, 5) is 27.5. The molecule has 0 saturated heterocycles. The largest absolute Gasteiger partial charge is 0.370 e. The van der Waals surface area contributed by atoms with Crippen molar-refractivity contribution in [3.63, 3.8) is 0 Å². The van der Waals surface area contributed by atoms with Crippen LogP contribution in [0.15, 0.2) is 76.5 Å². The van der Waals surface area contributed by atoms with Crippen LogP contribution in [0, 0.1) is 6.92 Å². The number of carbonyl (C=O) groups excluding carboxylic acids is 2. The molecule has 0 bridgehead atoms. The Labute approximate surface area is 187 Å². The van der Waals surface area contributed by atoms with Crippen molar-refractivity contribution < 1.29 is 18.0 Å². The normalized spacial score (nSPS) is 13.8. The van der Waals surface area contributed by atoms with Gasteiger partial charge < -0.3 is 10.2 Å². The van der Waals surface area contributed by atoms with Crippen molar-refractivity contribution in [2.24, 2.45) is 0 Å². The first-order valence-corrected chi connectivity index (χ1v) is 11.9. The van der Waals surface area contributed by atoms with Crippen molar-refractivity contribution in [3.8, 4) is 0 Å². The average molecular weight is 449 g/mol. The number of carbonyl (C=O) groups is 2. The molecule has 1 aliphatic rings. The van der Waals surface area contributed by atoms with Crippen LogP contribution in [0.2, 0.25) is 0 Å². The van der Waals surface area contributed by atoms with Crippen molar-refractivity contribution >= 4 is 27.2 Å². The van der Waals surface area contributed by atoms with Gasteiger partial charge in [-0.2, -0.15) is 0 Å². The molecule has 1 aliphatic heterocycles. The topological polar surface area (TPSA) is 83.6 Å². The number of nitrogens with one attached hydrogen (secondary N) is 1. The summed E-state index contributed by atoms with van der Waals surface area (Å²) >= 11 is 0. The van der Waals surface area contributed by atoms with Gasteiger partial charge in [0.15, 0.2) is 5.78 Å². The minimum absolute atomic E-state index is 0.0215. The summed E-state index contributed by atoms with van der Waals surface area (Å²) in [6.45, 7) is 5.88. The Balaban J connectivity index is 1.51. The predicted molar refractivity (Wildman–Crippen MR) is 123 cm³/mol. The first-order valence-electron chi connectivity index (χ1n) is 10.5. The van der Waals surface area contributed by atoms with Crippen LogP contribution in [0.25, 0.3) is 0 Å². The first kappa shape index (κ1) is 21.8. The molecule has 1 amide bonds. The monoisotopic (exact) mass is 448 g/mol. The lowest BCUT2D eigenvalue weighted by molar-refractivity contribution is 0.0952. The molecule has 1 heterocycles. The van der Waals surface area contributed by atoms with Gasteiger partial charge in [0.05, 0.1) is 9.79 Å². The van der Waals surface area contributed by atoms with Gasteiger partial charge in [-0.15, -0.1) is 0 Å². The molecule has 32 heavy (non-hydrogen) atoms. The third kappa shape index (κ3) is 3.91. The van der Waals surface area contributed by atoms with Gasteiger partial charge in [0.25, 0.3) is 5.91 Å². The van der Waals surface area contributed by atoms with Gasteiger partial charge in [0, 0.05) is 42.0 Å². The molecule has 0 spiro atoms. The highest BCUT2D eigenvalue weighted by Crippen LogP contribution is 2.34. The van der Waals surface area contributed by atoms with Gasteiger partial charge in [-0.3, -0.25) is 9.59 Å². The molecule has 6 nitrogen and oxygen atoms in total. The van der Waals surface area contributed by atoms with Crippen LogP contribution in [0.5, 0.6) is 0 Å². The Kier molecular flexibility index (Phi) is 5.84. The molecule has 3 aromatic carbocycles. The van der Waals surface area contributed by atoms with Gasteiger partial charge in [-0.1, -0.05) is 24.3 Å². The van der Waals surface area contributed by atoms with Crippen molar-refractivity contribution in [1.82, 2.24) is 5.32 Å². The highest BCUT2D eigenvalue weighted by molar-refractivity contribution is 7.91. The fraction of sp³-hybridized carbons (Fsp3) is 0.200. The number of nitrogens with zero attached hydrogens (tertiary/aromatic N) is 1. The van der Waals surface area contributed by atoms with E-state index in [2.05, 4.69) is 16.3 Å². The zero-order chi connectivity index (χ0) is 22.9. The Morgan fingerprint density at radius 3 is 2.44 bits per heavy atom. The van der Waals surface area contributed by atoms with E-state index in [1.54, 1.807) is 12.1 Å². The van der Waals surface area contributed by atoms with Gasteiger partial charge in [0.1, 0.15) is 0 Å². The molecular formula is C25H24N2O4S. The molecule has 164 valence electrons. The Bertz CT molecular complexity index is 1320. The zero-order valence-electron chi connectivity index (χ0n) is 18.0. The summed E-state index contributed by atoms with van der Waals surface area (Å²) in [5.74, 6) is -0.733. The lowest BCUT2D eigenvalue weighted by atomic mass is 10.0. The van der Waals surface area contributed by atoms with E-state index in [0.717, 1.165) is 17.8 Å². The summed E-state index contributed by atoms with van der Waals surface area (Å²) in [7, 11) is -3.88. The molecule has 0 saturated carbocycles. The number of hydrogen-bond donors (Lipinski definition) is 1. The second kappa shape index (κ2) is 8.59. The van der Waals surface area contributed by atoms with Crippen LogP contribution in [-0.4, -0.2) is 39.7 Å². The number of benzene rings is 3. The van der Waals surface area contributed by atoms with Gasteiger partial charge >= 0.3 is 0 Å². The third-order valence-electron chi connectivity index (χ3n) is 5.61. The molecule has 4 rings (SSSR count). The van der Waals surface area contributed by atoms with E-state index in [0.29, 0.717) is 13.1 Å². The van der Waals surface area contributed by atoms with Crippen molar-refractivity contribution in [2.45, 2.75) is 23.6 Å². The van der Waals surface area contributed by atoms with E-state index >= 15 is 0 Å². The number of fused-ring (bicyclic) bond motifs is 2. The second-order valence-electron chi connectivity index (χ2n) is 7.71. The van der Waals surface area contributed by atoms with Crippen LogP contribution >= 0.6 is 0 Å². The summed E-state index contributed by atoms with van der Waals surface area (Å²) < 4.78 is 26.1. The van der Waals surface area contributed by atoms with E-state index in [1.165, 1.54) is 30.3 Å². The zero-order valence-corrected chi connectivity index (χ0v) is 18.8. The van der Waals surface area contributed by atoms with Crippen LogP contribution in [-0.2, 0) is 9.84 Å². The Morgan fingerprint density at radius 2 is 1.69 bits per heavy atom. The molecule has 7 heteroatoms. The van der Waals surface area contributed by atoms with E-state index in [9.17, 15) is 18.0 Å². The number of likely N-dealkylation sites (N-methyl/N-ethyl adjacent to an activating group) is 1. The maximum absolute atomic E-state index is 13.1. The number of hydrogen-bond acceptors (Lipinski definition) is 5. The van der Waals surface area contributed by atoms with E-state index in [-0.39, 0.29) is 38.2 Å². The summed E-state index contributed by atoms with van der Waals surface area (Å²) in [5, 5.41) is 2.85. The summed E-state index contributed by atoms with van der Waals surface area (Å²) in [6.07, 6.45) is 0. The van der Waals surface area contributed by atoms with Crippen LogP contribution in [0.4, 0.5) is 5.69 Å². The fourth-order valence-electron chi connectivity index (χ4n) is 3.93. The van der Waals surface area contributed by atoms with Crippen molar-refractivity contribution in [2.75, 3.05) is 24.5 Å². The molecule has 1 N–H and O–H groups in total. The summed E-state index contributed by atoms with van der Waals surface area (Å²) in [5.41, 5.74) is 2.71. The molecule has 0 aromatic heterocycles. The van der Waals surface area contributed by atoms with Crippen LogP contribution in [0.3, 0.4) is 0 Å². The molecule has 0 fully saturated rings. The molecule has 0 atom stereocenters. The molecule has 0 radical (unpaired) electrons. The predicted octanol–water partition coefficient (Wildman–Crippen LogP) is 3.63. The smallest absolute Gasteiger partial charge is 0.251 e. The van der Waals surface area contributed by atoms with Crippen molar-refractivity contribution in [1.29, 1.82) is 0 Å². The number of ketones is 1. The van der Waals surface area contributed by atoms with E-state index in [1.807, 2.05) is 32.0 Å². The maximum Gasteiger partial charge on any atom is 0.251 e. The number of sulfone groups is 1.